The number of nitrogens with one attached hydrogen (secondary N) is 1. The Morgan fingerprint density at radius 3 is 3.00 bits per heavy atom. The fourth-order valence-electron chi connectivity index (χ4n) is 1.65. The third kappa shape index (κ3) is 7.25. The molecule has 0 aromatic carbocycles. The van der Waals surface area contributed by atoms with Crippen LogP contribution in [0.2, 0.25) is 0 Å². The molecule has 0 saturated carbocycles. The maximum absolute atomic E-state index is 10.4. The Kier molecular flexibility index (Phi) is 7.16. The highest BCUT2D eigenvalue weighted by Crippen LogP contribution is 1.99. The van der Waals surface area contributed by atoms with Gasteiger partial charge in [0.2, 0.25) is 0 Å². The average Bonchev–Trinajstić information content (AvgIpc) is 2.83. The molecule has 0 aliphatic carbocycles. The van der Waals surface area contributed by atoms with E-state index in [1.54, 1.807) is 6.20 Å². The molecule has 0 spiro atoms. The van der Waals surface area contributed by atoms with Gasteiger partial charge in [-0.05, 0) is 14.1 Å². The standard InChI is InChI=1S/C12H22N6O3/c1-13-12(10-18(19)20)14-5-4-6-21-17-9-11(7-15-17)8-16(2)3/h7,9H,4-6,8,10H2,1-3H3,(H,13,14). The van der Waals surface area contributed by atoms with Crippen molar-refractivity contribution in [1.29, 1.82) is 0 Å². The first-order valence-electron chi connectivity index (χ1n) is 6.64. The molecule has 0 aliphatic rings. The third-order valence-electron chi connectivity index (χ3n) is 2.53. The molecule has 9 heteroatoms. The van der Waals surface area contributed by atoms with Gasteiger partial charge in [0.05, 0.1) is 12.4 Å². The van der Waals surface area contributed by atoms with E-state index < -0.39 is 4.92 Å². The molecule has 0 atom stereocenters. The molecule has 0 bridgehead atoms. The van der Waals surface area contributed by atoms with Crippen LogP contribution >= 0.6 is 0 Å². The van der Waals surface area contributed by atoms with E-state index in [1.165, 1.54) is 11.9 Å². The summed E-state index contributed by atoms with van der Waals surface area (Å²) in [4.78, 5) is 22.7. The second-order valence-corrected chi connectivity index (χ2v) is 4.76. The molecule has 118 valence electrons. The first-order valence-corrected chi connectivity index (χ1v) is 6.64. The molecule has 1 N–H and O–H groups in total. The maximum Gasteiger partial charge on any atom is 0.259 e. The number of amidine groups is 1. The van der Waals surface area contributed by atoms with Crippen LogP contribution in [0.3, 0.4) is 0 Å². The van der Waals surface area contributed by atoms with Crippen molar-refractivity contribution in [3.05, 3.63) is 28.1 Å². The molecular weight excluding hydrogens is 276 g/mol. The van der Waals surface area contributed by atoms with Crippen molar-refractivity contribution in [1.82, 2.24) is 20.2 Å². The first-order chi connectivity index (χ1) is 10.0. The van der Waals surface area contributed by atoms with Crippen LogP contribution in [0.1, 0.15) is 12.0 Å². The van der Waals surface area contributed by atoms with E-state index in [-0.39, 0.29) is 6.54 Å². The van der Waals surface area contributed by atoms with Crippen molar-refractivity contribution >= 4 is 5.84 Å². The summed E-state index contributed by atoms with van der Waals surface area (Å²) in [6.07, 6.45) is 4.29. The number of rotatable bonds is 9. The lowest BCUT2D eigenvalue weighted by Gasteiger charge is -2.07. The second-order valence-electron chi connectivity index (χ2n) is 4.76. The summed E-state index contributed by atoms with van der Waals surface area (Å²) in [7, 11) is 5.50. The van der Waals surface area contributed by atoms with Crippen molar-refractivity contribution < 1.29 is 9.76 Å². The van der Waals surface area contributed by atoms with Crippen LogP contribution in [0.4, 0.5) is 0 Å². The van der Waals surface area contributed by atoms with Crippen molar-refractivity contribution in [3.63, 3.8) is 0 Å². The predicted molar refractivity (Wildman–Crippen MR) is 78.9 cm³/mol. The summed E-state index contributed by atoms with van der Waals surface area (Å²) >= 11 is 0. The molecule has 0 saturated heterocycles. The van der Waals surface area contributed by atoms with Crippen molar-refractivity contribution in [2.24, 2.45) is 4.99 Å². The topological polar surface area (TPSA) is 97.8 Å². The van der Waals surface area contributed by atoms with Crippen LogP contribution in [0.25, 0.3) is 0 Å². The summed E-state index contributed by atoms with van der Waals surface area (Å²) in [5, 5.41) is 17.4. The molecule has 0 unspecified atom stereocenters. The van der Waals surface area contributed by atoms with Crippen LogP contribution in [0.5, 0.6) is 0 Å². The van der Waals surface area contributed by atoms with Gasteiger partial charge in [-0.1, -0.05) is 0 Å². The number of aliphatic imine (C=N–C) groups is 1. The zero-order valence-electron chi connectivity index (χ0n) is 12.7. The summed E-state index contributed by atoms with van der Waals surface area (Å²) < 4.78 is 0. The molecule has 0 aliphatic heterocycles. The Balaban J connectivity index is 2.19. The summed E-state index contributed by atoms with van der Waals surface area (Å²) in [5.41, 5.74) is 1.07. The maximum atomic E-state index is 10.4. The normalized spacial score (nSPS) is 11.7. The molecule has 21 heavy (non-hydrogen) atoms. The SMILES string of the molecule is CN=C(C[N+](=O)[O-])NCCCOn1cc(CN(C)C)cn1. The minimum absolute atomic E-state index is 0.287. The van der Waals surface area contributed by atoms with Crippen molar-refractivity contribution in [3.8, 4) is 0 Å². The average molecular weight is 298 g/mol. The van der Waals surface area contributed by atoms with Gasteiger partial charge < -0.3 is 15.1 Å². The summed E-state index contributed by atoms with van der Waals surface area (Å²) in [5.74, 6) is 0.368. The number of aromatic nitrogens is 2. The van der Waals surface area contributed by atoms with Gasteiger partial charge >= 0.3 is 0 Å². The van der Waals surface area contributed by atoms with Gasteiger partial charge in [0.25, 0.3) is 6.54 Å². The smallest absolute Gasteiger partial charge is 0.259 e. The zero-order valence-corrected chi connectivity index (χ0v) is 12.7. The van der Waals surface area contributed by atoms with Crippen LogP contribution < -0.4 is 10.2 Å². The van der Waals surface area contributed by atoms with Gasteiger partial charge in [-0.15, -0.1) is 9.94 Å². The molecule has 1 aromatic rings. The Bertz CT molecular complexity index is 471. The fraction of sp³-hybridized carbons (Fsp3) is 0.667. The van der Waals surface area contributed by atoms with E-state index in [9.17, 15) is 10.1 Å². The Hall–Kier alpha value is -2.16. The van der Waals surface area contributed by atoms with E-state index in [2.05, 4.69) is 15.4 Å². The van der Waals surface area contributed by atoms with Gasteiger partial charge in [0, 0.05) is 37.0 Å². The number of hydrogen-bond donors (Lipinski definition) is 1. The minimum atomic E-state index is -0.415. The minimum Gasteiger partial charge on any atom is -0.397 e. The number of nitro groups is 1. The molecule has 1 aromatic heterocycles. The van der Waals surface area contributed by atoms with Crippen molar-refractivity contribution in [2.75, 3.05) is 40.8 Å². The monoisotopic (exact) mass is 298 g/mol. The quantitative estimate of drug-likeness (QED) is 0.220. The summed E-state index contributed by atoms with van der Waals surface area (Å²) in [6.45, 7) is 1.55. The van der Waals surface area contributed by atoms with Gasteiger partial charge in [-0.3, -0.25) is 15.1 Å². The highest BCUT2D eigenvalue weighted by atomic mass is 16.7. The van der Waals surface area contributed by atoms with E-state index >= 15 is 0 Å². The molecule has 1 rings (SSSR count). The van der Waals surface area contributed by atoms with E-state index in [0.29, 0.717) is 25.4 Å². The molecule has 1 heterocycles. The molecular formula is C12H22N6O3. The predicted octanol–water partition coefficient (Wildman–Crippen LogP) is -0.342. The highest BCUT2D eigenvalue weighted by Gasteiger charge is 2.05. The second kappa shape index (κ2) is 8.90. The number of nitrogens with zero attached hydrogens (tertiary/aromatic N) is 5. The van der Waals surface area contributed by atoms with Gasteiger partial charge in [-0.25, -0.2) is 0 Å². The van der Waals surface area contributed by atoms with Crippen LogP contribution in [0.15, 0.2) is 17.4 Å². The van der Waals surface area contributed by atoms with Gasteiger partial charge in [0.1, 0.15) is 6.61 Å². The Morgan fingerprint density at radius 2 is 2.38 bits per heavy atom. The summed E-state index contributed by atoms with van der Waals surface area (Å²) in [6, 6.07) is 0. The van der Waals surface area contributed by atoms with Crippen LogP contribution in [0, 0.1) is 10.1 Å². The molecule has 0 amide bonds. The largest absolute Gasteiger partial charge is 0.397 e. The molecule has 0 fully saturated rings. The Labute approximate surface area is 123 Å². The van der Waals surface area contributed by atoms with E-state index in [0.717, 1.165) is 12.1 Å². The molecule has 0 radical (unpaired) electrons. The number of hydrogen-bond acceptors (Lipinski definition) is 6. The highest BCUT2D eigenvalue weighted by molar-refractivity contribution is 5.82. The van der Waals surface area contributed by atoms with E-state index in [1.807, 2.05) is 25.2 Å². The lowest BCUT2D eigenvalue weighted by Crippen LogP contribution is -2.32. The first kappa shape index (κ1) is 16.9. The molecule has 9 nitrogen and oxygen atoms in total. The lowest BCUT2D eigenvalue weighted by atomic mass is 10.3. The van der Waals surface area contributed by atoms with E-state index in [4.69, 9.17) is 4.84 Å². The Morgan fingerprint density at radius 1 is 1.62 bits per heavy atom. The fourth-order valence-corrected chi connectivity index (χ4v) is 1.65. The van der Waals surface area contributed by atoms with Gasteiger partial charge in [-0.2, -0.15) is 0 Å². The zero-order chi connectivity index (χ0) is 15.7. The van der Waals surface area contributed by atoms with Crippen molar-refractivity contribution in [2.45, 2.75) is 13.0 Å². The van der Waals surface area contributed by atoms with Gasteiger partial charge in [0.15, 0.2) is 5.84 Å². The third-order valence-corrected chi connectivity index (χ3v) is 2.53. The van der Waals surface area contributed by atoms with Crippen LogP contribution in [-0.2, 0) is 6.54 Å². The van der Waals surface area contributed by atoms with Crippen LogP contribution in [-0.4, -0.2) is 66.4 Å². The lowest BCUT2D eigenvalue weighted by molar-refractivity contribution is -0.463.